The summed E-state index contributed by atoms with van der Waals surface area (Å²) in [6, 6.07) is 0. The quantitative estimate of drug-likeness (QED) is 0.577. The average Bonchev–Trinajstić information content (AvgIpc) is 1.84. The first kappa shape index (κ1) is 9.94. The van der Waals surface area contributed by atoms with Gasteiger partial charge in [0.2, 0.25) is 0 Å². The van der Waals surface area contributed by atoms with Gasteiger partial charge in [-0.15, -0.1) is 0 Å². The first-order valence-corrected chi connectivity index (χ1v) is 3.29. The molecule has 0 N–H and O–H groups in total. The van der Waals surface area contributed by atoms with Gasteiger partial charge in [0, 0.05) is 20.3 Å². The summed E-state index contributed by atoms with van der Waals surface area (Å²) in [4.78, 5) is 20.7. The van der Waals surface area contributed by atoms with Crippen molar-refractivity contribution in [2.24, 2.45) is 0 Å². The summed E-state index contributed by atoms with van der Waals surface area (Å²) < 4.78 is 9.09. The molecule has 0 heterocycles. The fourth-order valence-electron chi connectivity index (χ4n) is 0.486. The van der Waals surface area contributed by atoms with Crippen LogP contribution in [0.25, 0.3) is 0 Å². The largest absolute Gasteiger partial charge is 0.415 e. The second kappa shape index (κ2) is 4.71. The van der Waals surface area contributed by atoms with Crippen LogP contribution in [0, 0.1) is 6.29 Å². The number of esters is 2. The Morgan fingerprint density at radius 1 is 1.09 bits per heavy atom. The van der Waals surface area contributed by atoms with Gasteiger partial charge in [0.05, 0.1) is 0 Å². The summed E-state index contributed by atoms with van der Waals surface area (Å²) >= 11 is 0. The van der Waals surface area contributed by atoms with Gasteiger partial charge in [0.15, 0.2) is 0 Å². The van der Waals surface area contributed by atoms with Crippen LogP contribution in [0.2, 0.25) is 0 Å². The van der Waals surface area contributed by atoms with Crippen LogP contribution in [0.3, 0.4) is 0 Å². The summed E-state index contributed by atoms with van der Waals surface area (Å²) in [5.41, 5.74) is 0. The Labute approximate surface area is 65.5 Å². The highest BCUT2D eigenvalue weighted by molar-refractivity contribution is 5.69. The number of rotatable bonds is 3. The van der Waals surface area contributed by atoms with E-state index < -0.39 is 11.9 Å². The van der Waals surface area contributed by atoms with Gasteiger partial charge in [0.1, 0.15) is 0 Å². The molecule has 0 aliphatic carbocycles. The van der Waals surface area contributed by atoms with Crippen LogP contribution in [-0.4, -0.2) is 11.9 Å². The van der Waals surface area contributed by atoms with Gasteiger partial charge >= 0.3 is 18.2 Å². The Bertz CT molecular complexity index is 137. The number of carbonyl (C=O) groups is 2. The fourth-order valence-corrected chi connectivity index (χ4v) is 0.486. The molecule has 0 aromatic heterocycles. The summed E-state index contributed by atoms with van der Waals surface area (Å²) in [5.74, 6) is -0.966. The highest BCUT2D eigenvalue weighted by Gasteiger charge is 2.14. The topological polar surface area (TPSA) is 52.6 Å². The summed E-state index contributed by atoms with van der Waals surface area (Å²) in [7, 11) is 0. The molecule has 0 rings (SSSR count). The van der Waals surface area contributed by atoms with Gasteiger partial charge < -0.3 is 9.47 Å². The van der Waals surface area contributed by atoms with E-state index in [1.54, 1.807) is 6.92 Å². The maximum Gasteiger partial charge on any atom is 0.333 e. The van der Waals surface area contributed by atoms with E-state index in [1.165, 1.54) is 13.8 Å². The third kappa shape index (κ3) is 5.39. The van der Waals surface area contributed by atoms with Crippen LogP contribution >= 0.6 is 0 Å². The number of carbonyl (C=O) groups excluding carboxylic acids is 2. The lowest BCUT2D eigenvalue weighted by Gasteiger charge is -2.10. The molecule has 0 fully saturated rings. The van der Waals surface area contributed by atoms with Crippen LogP contribution in [0.4, 0.5) is 0 Å². The molecule has 0 unspecified atom stereocenters. The van der Waals surface area contributed by atoms with Gasteiger partial charge in [-0.3, -0.25) is 9.59 Å². The minimum absolute atomic E-state index is 0.0463. The molecule has 0 bridgehead atoms. The number of hydrogen-bond donors (Lipinski definition) is 0. The highest BCUT2D eigenvalue weighted by atomic mass is 16.7. The summed E-state index contributed by atoms with van der Waals surface area (Å²) in [6.45, 7) is 4.22. The molecule has 0 spiro atoms. The summed E-state index contributed by atoms with van der Waals surface area (Å²) in [6.07, 6.45) is 0.434. The van der Waals surface area contributed by atoms with Gasteiger partial charge in [0.25, 0.3) is 0 Å². The van der Waals surface area contributed by atoms with Gasteiger partial charge in [-0.05, 0) is 0 Å². The maximum absolute atomic E-state index is 10.4. The Kier molecular flexibility index (Phi) is 4.26. The molecule has 63 valence electrons. The van der Waals surface area contributed by atoms with E-state index in [4.69, 9.17) is 0 Å². The molecular weight excluding hydrogens is 148 g/mol. The van der Waals surface area contributed by atoms with Crippen LogP contribution in [0.5, 0.6) is 0 Å². The van der Waals surface area contributed by atoms with Gasteiger partial charge in [-0.1, -0.05) is 6.92 Å². The molecule has 4 heteroatoms. The molecular formula is C7H11O4. The van der Waals surface area contributed by atoms with E-state index in [2.05, 4.69) is 9.47 Å². The standard InChI is InChI=1S/C7H11O4/c1-4-7(10-5(2)8)11-6(3)9/h4H2,1-3H3. The molecule has 4 nitrogen and oxygen atoms in total. The zero-order valence-corrected chi connectivity index (χ0v) is 6.84. The molecule has 0 saturated heterocycles. The van der Waals surface area contributed by atoms with Crippen molar-refractivity contribution in [1.29, 1.82) is 0 Å². The van der Waals surface area contributed by atoms with Crippen molar-refractivity contribution in [1.82, 2.24) is 0 Å². The molecule has 0 amide bonds. The Balaban J connectivity index is 3.76. The molecule has 0 saturated carbocycles. The third-order valence-electron chi connectivity index (χ3n) is 0.804. The van der Waals surface area contributed by atoms with Crippen molar-refractivity contribution in [3.8, 4) is 0 Å². The van der Waals surface area contributed by atoms with Crippen molar-refractivity contribution in [3.63, 3.8) is 0 Å². The Hall–Kier alpha value is -1.06. The lowest BCUT2D eigenvalue weighted by molar-refractivity contribution is -0.162. The van der Waals surface area contributed by atoms with E-state index in [9.17, 15) is 9.59 Å². The molecule has 0 aliphatic rings. The minimum Gasteiger partial charge on any atom is -0.415 e. The molecule has 11 heavy (non-hydrogen) atoms. The summed E-state index contributed by atoms with van der Waals surface area (Å²) in [5, 5.41) is 0. The lowest BCUT2D eigenvalue weighted by atomic mass is 10.5. The molecule has 1 radical (unpaired) electrons. The van der Waals surface area contributed by atoms with E-state index in [1.807, 2.05) is 0 Å². The Morgan fingerprint density at radius 2 is 1.45 bits per heavy atom. The normalized spacial score (nSPS) is 9.45. The molecule has 0 aliphatic heterocycles. The van der Waals surface area contributed by atoms with Crippen LogP contribution in [0.15, 0.2) is 0 Å². The van der Waals surface area contributed by atoms with Crippen LogP contribution < -0.4 is 0 Å². The predicted octanol–water partition coefficient (Wildman–Crippen LogP) is 1.01. The van der Waals surface area contributed by atoms with E-state index in [0.29, 0.717) is 6.42 Å². The van der Waals surface area contributed by atoms with Crippen molar-refractivity contribution in [3.05, 3.63) is 6.29 Å². The van der Waals surface area contributed by atoms with Crippen molar-refractivity contribution >= 4 is 11.9 Å². The van der Waals surface area contributed by atoms with E-state index in [-0.39, 0.29) is 6.29 Å². The second-order valence-electron chi connectivity index (χ2n) is 1.91. The van der Waals surface area contributed by atoms with Crippen LogP contribution in [0.1, 0.15) is 27.2 Å². The molecule has 0 aromatic carbocycles. The van der Waals surface area contributed by atoms with Crippen molar-refractivity contribution in [2.45, 2.75) is 27.2 Å². The van der Waals surface area contributed by atoms with E-state index >= 15 is 0 Å². The lowest BCUT2D eigenvalue weighted by Crippen LogP contribution is -2.13. The van der Waals surface area contributed by atoms with Gasteiger partial charge in [-0.25, -0.2) is 0 Å². The first-order valence-electron chi connectivity index (χ1n) is 3.29. The second-order valence-corrected chi connectivity index (χ2v) is 1.91. The zero-order chi connectivity index (χ0) is 8.85. The number of hydrogen-bond acceptors (Lipinski definition) is 4. The molecule has 0 atom stereocenters. The monoisotopic (exact) mass is 159 g/mol. The van der Waals surface area contributed by atoms with Crippen LogP contribution in [-0.2, 0) is 19.1 Å². The van der Waals surface area contributed by atoms with Crippen molar-refractivity contribution in [2.75, 3.05) is 0 Å². The van der Waals surface area contributed by atoms with E-state index in [0.717, 1.165) is 0 Å². The SMILES string of the molecule is CC[C](OC(C)=O)OC(C)=O. The Morgan fingerprint density at radius 3 is 1.64 bits per heavy atom. The minimum atomic E-state index is -0.483. The smallest absolute Gasteiger partial charge is 0.333 e. The zero-order valence-electron chi connectivity index (χ0n) is 6.84. The fraction of sp³-hybridized carbons (Fsp3) is 0.571. The molecule has 0 aromatic rings. The predicted molar refractivity (Wildman–Crippen MR) is 37.1 cm³/mol. The average molecular weight is 159 g/mol. The number of ether oxygens (including phenoxy) is 2. The maximum atomic E-state index is 10.4. The first-order chi connectivity index (χ1) is 5.06. The van der Waals surface area contributed by atoms with Gasteiger partial charge in [-0.2, -0.15) is 0 Å². The third-order valence-corrected chi connectivity index (χ3v) is 0.804. The van der Waals surface area contributed by atoms with Crippen molar-refractivity contribution < 1.29 is 19.1 Å². The highest BCUT2D eigenvalue weighted by Crippen LogP contribution is 2.09.